The second kappa shape index (κ2) is 9.64. The Morgan fingerprint density at radius 2 is 1.97 bits per heavy atom. The van der Waals surface area contributed by atoms with Gasteiger partial charge in [0, 0.05) is 17.1 Å². The molecule has 2 aromatic carbocycles. The number of hydrogen-bond donors (Lipinski definition) is 2. The Hall–Kier alpha value is -3.04. The van der Waals surface area contributed by atoms with E-state index in [1.165, 1.54) is 0 Å². The monoisotopic (exact) mass is 445 g/mol. The average Bonchev–Trinajstić information content (AvgIpc) is 2.74. The van der Waals surface area contributed by atoms with E-state index >= 15 is 0 Å². The maximum absolute atomic E-state index is 12.5. The summed E-state index contributed by atoms with van der Waals surface area (Å²) in [6.07, 6.45) is 0.284. The van der Waals surface area contributed by atoms with Crippen LogP contribution < -0.4 is 21.5 Å². The van der Waals surface area contributed by atoms with Crippen LogP contribution >= 0.6 is 23.4 Å². The van der Waals surface area contributed by atoms with E-state index in [0.29, 0.717) is 10.7 Å². The van der Waals surface area contributed by atoms with Gasteiger partial charge in [-0.15, -0.1) is 10.2 Å². The number of carbonyl (C=O) groups is 1. The molecule has 0 aliphatic heterocycles. The van der Waals surface area contributed by atoms with Gasteiger partial charge in [-0.3, -0.25) is 9.59 Å². The summed E-state index contributed by atoms with van der Waals surface area (Å²) < 4.78 is 6.03. The molecule has 3 N–H and O–H groups in total. The zero-order chi connectivity index (χ0) is 21.7. The van der Waals surface area contributed by atoms with Gasteiger partial charge < -0.3 is 15.9 Å². The molecule has 1 heterocycles. The Kier molecular flexibility index (Phi) is 6.96. The smallest absolute Gasteiger partial charge is 0.294 e. The molecule has 1 aromatic heterocycles. The normalized spacial score (nSPS) is 10.6. The molecule has 0 unspecified atom stereocenters. The topological polar surface area (TPSA) is 112 Å². The van der Waals surface area contributed by atoms with Crippen LogP contribution in [0.3, 0.4) is 0 Å². The van der Waals surface area contributed by atoms with Gasteiger partial charge in [0.05, 0.1) is 12.9 Å². The van der Waals surface area contributed by atoms with Gasteiger partial charge in [-0.05, 0) is 42.3 Å². The Labute approximate surface area is 182 Å². The first-order valence-corrected chi connectivity index (χ1v) is 10.3. The first kappa shape index (κ1) is 21.7. The van der Waals surface area contributed by atoms with Crippen LogP contribution in [0.2, 0.25) is 5.02 Å². The van der Waals surface area contributed by atoms with Crippen LogP contribution in [0.4, 0.5) is 5.69 Å². The summed E-state index contributed by atoms with van der Waals surface area (Å²) in [5.74, 6) is 6.33. The molecule has 10 heteroatoms. The molecule has 3 aromatic rings. The molecule has 8 nitrogen and oxygen atoms in total. The standard InChI is InChI=1S/C20H20ClN5O3S/c1-12-15(21)4-3-5-16(12)23-18(27)11-30-20-25-24-17(19(28)26(20)22)10-13-6-8-14(29-2)9-7-13/h3-9H,10-11,22H2,1-2H3,(H,23,27). The fourth-order valence-electron chi connectivity index (χ4n) is 2.63. The lowest BCUT2D eigenvalue weighted by Gasteiger charge is -2.10. The number of anilines is 1. The molecule has 0 fully saturated rings. The SMILES string of the molecule is COc1ccc(Cc2nnc(SCC(=O)Nc3cccc(Cl)c3C)n(N)c2=O)cc1. The minimum Gasteiger partial charge on any atom is -0.497 e. The number of halogens is 1. The fourth-order valence-corrected chi connectivity index (χ4v) is 3.45. The average molecular weight is 446 g/mol. The third-order valence-electron chi connectivity index (χ3n) is 4.33. The van der Waals surface area contributed by atoms with Crippen LogP contribution in [0, 0.1) is 6.92 Å². The summed E-state index contributed by atoms with van der Waals surface area (Å²) in [6, 6.07) is 12.5. The van der Waals surface area contributed by atoms with Crippen LogP contribution in [-0.4, -0.2) is 33.6 Å². The van der Waals surface area contributed by atoms with Gasteiger partial charge in [0.25, 0.3) is 5.56 Å². The second-order valence-corrected chi connectivity index (χ2v) is 7.73. The van der Waals surface area contributed by atoms with Crippen LogP contribution in [0.1, 0.15) is 16.8 Å². The third-order valence-corrected chi connectivity index (χ3v) is 5.69. The minimum atomic E-state index is -0.464. The molecular weight excluding hydrogens is 426 g/mol. The highest BCUT2D eigenvalue weighted by atomic mass is 35.5. The van der Waals surface area contributed by atoms with Crippen molar-refractivity contribution in [2.75, 3.05) is 24.0 Å². The van der Waals surface area contributed by atoms with E-state index in [1.54, 1.807) is 37.4 Å². The molecule has 0 saturated carbocycles. The van der Waals surface area contributed by atoms with E-state index in [-0.39, 0.29) is 28.9 Å². The number of benzene rings is 2. The Bertz CT molecular complexity index is 1120. The van der Waals surface area contributed by atoms with Crippen molar-refractivity contribution in [2.45, 2.75) is 18.5 Å². The zero-order valence-corrected chi connectivity index (χ0v) is 18.0. The highest BCUT2D eigenvalue weighted by molar-refractivity contribution is 7.99. The molecule has 0 radical (unpaired) electrons. The number of nitrogens with two attached hydrogens (primary N) is 1. The summed E-state index contributed by atoms with van der Waals surface area (Å²) in [5.41, 5.74) is 2.02. The van der Waals surface area contributed by atoms with Gasteiger partial charge in [0.1, 0.15) is 11.4 Å². The van der Waals surface area contributed by atoms with Crippen LogP contribution in [-0.2, 0) is 11.2 Å². The molecule has 0 saturated heterocycles. The predicted octanol–water partition coefficient (Wildman–Crippen LogP) is 2.64. The largest absolute Gasteiger partial charge is 0.497 e. The molecular formula is C20H20ClN5O3S. The first-order chi connectivity index (χ1) is 14.4. The number of rotatable bonds is 7. The molecule has 0 aliphatic carbocycles. The number of carbonyl (C=O) groups excluding carboxylic acids is 1. The highest BCUT2D eigenvalue weighted by Gasteiger charge is 2.14. The van der Waals surface area contributed by atoms with Crippen molar-refractivity contribution in [3.63, 3.8) is 0 Å². The molecule has 0 spiro atoms. The van der Waals surface area contributed by atoms with E-state index in [9.17, 15) is 9.59 Å². The van der Waals surface area contributed by atoms with Crippen molar-refractivity contribution >= 4 is 35.0 Å². The predicted molar refractivity (Wildman–Crippen MR) is 118 cm³/mol. The summed E-state index contributed by atoms with van der Waals surface area (Å²) in [5, 5.41) is 11.5. The van der Waals surface area contributed by atoms with Gasteiger partial charge in [0.2, 0.25) is 11.1 Å². The number of thioether (sulfide) groups is 1. The van der Waals surface area contributed by atoms with Gasteiger partial charge in [-0.25, -0.2) is 0 Å². The van der Waals surface area contributed by atoms with E-state index in [4.69, 9.17) is 22.2 Å². The molecule has 30 heavy (non-hydrogen) atoms. The molecule has 1 amide bonds. The maximum Gasteiger partial charge on any atom is 0.294 e. The number of nitrogens with zero attached hydrogens (tertiary/aromatic N) is 3. The zero-order valence-electron chi connectivity index (χ0n) is 16.4. The van der Waals surface area contributed by atoms with Gasteiger partial charge in [-0.2, -0.15) is 4.68 Å². The summed E-state index contributed by atoms with van der Waals surface area (Å²) in [6.45, 7) is 1.82. The van der Waals surface area contributed by atoms with Crippen molar-refractivity contribution in [1.82, 2.24) is 14.9 Å². The number of methoxy groups -OCH3 is 1. The molecule has 0 bridgehead atoms. The Balaban J connectivity index is 1.65. The fraction of sp³-hybridized carbons (Fsp3) is 0.200. The summed E-state index contributed by atoms with van der Waals surface area (Å²) in [7, 11) is 1.58. The van der Waals surface area contributed by atoms with Crippen molar-refractivity contribution < 1.29 is 9.53 Å². The number of ether oxygens (including phenoxy) is 1. The van der Waals surface area contributed by atoms with Gasteiger partial charge in [-0.1, -0.05) is 41.6 Å². The number of nitrogens with one attached hydrogen (secondary N) is 1. The van der Waals surface area contributed by atoms with Crippen LogP contribution in [0.25, 0.3) is 0 Å². The van der Waals surface area contributed by atoms with Gasteiger partial charge in [0.15, 0.2) is 0 Å². The van der Waals surface area contributed by atoms with E-state index in [1.807, 2.05) is 19.1 Å². The first-order valence-electron chi connectivity index (χ1n) is 8.93. The lowest BCUT2D eigenvalue weighted by atomic mass is 10.1. The van der Waals surface area contributed by atoms with E-state index in [2.05, 4.69) is 15.5 Å². The Morgan fingerprint density at radius 3 is 2.67 bits per heavy atom. The maximum atomic E-state index is 12.5. The van der Waals surface area contributed by atoms with Crippen LogP contribution in [0.15, 0.2) is 52.4 Å². The number of nitrogen functional groups attached to an aromatic ring is 1. The second-order valence-electron chi connectivity index (χ2n) is 6.38. The quantitative estimate of drug-likeness (QED) is 0.424. The molecule has 156 valence electrons. The third kappa shape index (κ3) is 5.11. The lowest BCUT2D eigenvalue weighted by molar-refractivity contribution is -0.113. The van der Waals surface area contributed by atoms with Crippen molar-refractivity contribution in [3.05, 3.63) is 74.7 Å². The van der Waals surface area contributed by atoms with Gasteiger partial charge >= 0.3 is 0 Å². The number of amides is 1. The van der Waals surface area contributed by atoms with Crippen molar-refractivity contribution in [3.8, 4) is 5.75 Å². The van der Waals surface area contributed by atoms with Crippen molar-refractivity contribution in [1.29, 1.82) is 0 Å². The lowest BCUT2D eigenvalue weighted by Crippen LogP contribution is -2.34. The number of aromatic nitrogens is 3. The van der Waals surface area contributed by atoms with Crippen molar-refractivity contribution in [2.24, 2.45) is 0 Å². The molecule has 0 aliphatic rings. The van der Waals surface area contributed by atoms with E-state index < -0.39 is 5.56 Å². The molecule has 3 rings (SSSR count). The Morgan fingerprint density at radius 1 is 1.23 bits per heavy atom. The summed E-state index contributed by atoms with van der Waals surface area (Å²) in [4.78, 5) is 24.8. The number of hydrogen-bond acceptors (Lipinski definition) is 7. The van der Waals surface area contributed by atoms with E-state index in [0.717, 1.165) is 33.3 Å². The highest BCUT2D eigenvalue weighted by Crippen LogP contribution is 2.23. The molecule has 0 atom stereocenters. The summed E-state index contributed by atoms with van der Waals surface area (Å²) >= 11 is 7.08. The minimum absolute atomic E-state index is 0.00903. The van der Waals surface area contributed by atoms with Crippen LogP contribution in [0.5, 0.6) is 5.75 Å².